The lowest BCUT2D eigenvalue weighted by molar-refractivity contribution is -0.384. The van der Waals surface area contributed by atoms with Crippen LogP contribution in [-0.2, 0) is 17.8 Å². The van der Waals surface area contributed by atoms with E-state index in [9.17, 15) is 19.7 Å². The molecule has 2 fully saturated rings. The van der Waals surface area contributed by atoms with Crippen LogP contribution in [0.5, 0.6) is 5.75 Å². The number of carbonyl (C=O) groups excluding carboxylic acids is 1. The van der Waals surface area contributed by atoms with Crippen LogP contribution in [0.1, 0.15) is 37.0 Å². The number of likely N-dealkylation sites (tertiary alicyclic amines) is 1. The fraction of sp³-hybridized carbons (Fsp3) is 0.429. The number of rotatable bonds is 8. The molecule has 0 unspecified atom stereocenters. The zero-order valence-electron chi connectivity index (χ0n) is 21.5. The van der Waals surface area contributed by atoms with Crippen LogP contribution in [0, 0.1) is 10.1 Å². The lowest BCUT2D eigenvalue weighted by atomic mass is 10.0. The Balaban J connectivity index is 1.11. The lowest BCUT2D eigenvalue weighted by Gasteiger charge is -2.32. The largest absolute Gasteiger partial charge is 0.489 e. The topological polar surface area (TPSA) is 127 Å². The number of piperidine rings is 2. The molecule has 0 atom stereocenters. The molecule has 3 heterocycles. The van der Waals surface area contributed by atoms with Gasteiger partial charge in [-0.15, -0.1) is 0 Å². The molecule has 11 heteroatoms. The number of nitrogens with zero attached hydrogens (tertiary/aromatic N) is 2. The molecule has 3 aromatic rings. The molecule has 2 saturated heterocycles. The third-order valence-electron chi connectivity index (χ3n) is 7.24. The molecule has 2 aliphatic rings. The highest BCUT2D eigenvalue weighted by Gasteiger charge is 2.22. The Hall–Kier alpha value is -3.28. The van der Waals surface area contributed by atoms with Gasteiger partial charge in [-0.3, -0.25) is 24.6 Å². The minimum atomic E-state index is -0.552. The molecule has 206 valence electrons. The predicted molar refractivity (Wildman–Crippen MR) is 150 cm³/mol. The maximum Gasteiger partial charge on any atom is 0.273 e. The van der Waals surface area contributed by atoms with Crippen LogP contribution < -0.4 is 20.8 Å². The van der Waals surface area contributed by atoms with E-state index < -0.39 is 4.92 Å². The fourth-order valence-electron chi connectivity index (χ4n) is 5.16. The Morgan fingerprint density at radius 2 is 1.90 bits per heavy atom. The quantitative estimate of drug-likeness (QED) is 0.295. The molecule has 5 rings (SSSR count). The monoisotopic (exact) mass is 598 g/mol. The summed E-state index contributed by atoms with van der Waals surface area (Å²) in [7, 11) is 0. The average molecular weight is 599 g/mol. The van der Waals surface area contributed by atoms with E-state index in [0.29, 0.717) is 0 Å². The Morgan fingerprint density at radius 1 is 1.13 bits per heavy atom. The minimum absolute atomic E-state index is 0.0366. The van der Waals surface area contributed by atoms with Gasteiger partial charge in [0, 0.05) is 37.8 Å². The van der Waals surface area contributed by atoms with Gasteiger partial charge in [0.1, 0.15) is 23.2 Å². The third kappa shape index (κ3) is 7.03. The summed E-state index contributed by atoms with van der Waals surface area (Å²) in [5.41, 5.74) is 0.798. The van der Waals surface area contributed by atoms with E-state index in [-0.39, 0.29) is 52.3 Å². The van der Waals surface area contributed by atoms with E-state index in [2.05, 4.69) is 43.6 Å². The highest BCUT2D eigenvalue weighted by Crippen LogP contribution is 2.29. The van der Waals surface area contributed by atoms with Crippen molar-refractivity contribution in [2.24, 2.45) is 0 Å². The molecule has 1 aromatic heterocycles. The second-order valence-corrected chi connectivity index (χ2v) is 11.0. The number of nitro benzene ring substituents is 1. The molecular weight excluding hydrogens is 568 g/mol. The molecule has 0 aliphatic carbocycles. The molecule has 39 heavy (non-hydrogen) atoms. The Bertz CT molecular complexity index is 1410. The van der Waals surface area contributed by atoms with Crippen molar-refractivity contribution in [2.75, 3.05) is 26.2 Å². The second kappa shape index (κ2) is 12.3. The normalized spacial score (nSPS) is 17.3. The number of fused-ring (bicyclic) bond motifs is 1. The zero-order valence-corrected chi connectivity index (χ0v) is 23.1. The first-order chi connectivity index (χ1) is 18.8. The summed E-state index contributed by atoms with van der Waals surface area (Å²) in [5, 5.41) is 17.7. The van der Waals surface area contributed by atoms with E-state index in [0.717, 1.165) is 68.6 Å². The molecule has 1 amide bonds. The number of nitrogens with one attached hydrogen (secondary N) is 2. The second-order valence-electron chi connectivity index (χ2n) is 10.1. The van der Waals surface area contributed by atoms with Gasteiger partial charge < -0.3 is 19.8 Å². The van der Waals surface area contributed by atoms with Crippen molar-refractivity contribution in [1.82, 2.24) is 15.5 Å². The van der Waals surface area contributed by atoms with E-state index in [4.69, 9.17) is 9.15 Å². The molecule has 2 N–H and O–H groups in total. The minimum Gasteiger partial charge on any atom is -0.489 e. The van der Waals surface area contributed by atoms with Gasteiger partial charge in [0.15, 0.2) is 5.43 Å². The van der Waals surface area contributed by atoms with E-state index >= 15 is 0 Å². The van der Waals surface area contributed by atoms with Crippen molar-refractivity contribution >= 4 is 38.5 Å². The maximum atomic E-state index is 12.7. The Kier molecular flexibility index (Phi) is 8.59. The smallest absolute Gasteiger partial charge is 0.273 e. The SMILES string of the molecule is O=C(Cc1cc(=O)c2ccc([N+](=O)[O-])cc2o1)NC1CCN(Cc2ccc(OC3CCNCC3)c(Br)c2)CC1. The first-order valence-electron chi connectivity index (χ1n) is 13.2. The summed E-state index contributed by atoms with van der Waals surface area (Å²) in [5.74, 6) is 0.822. The highest BCUT2D eigenvalue weighted by atomic mass is 79.9. The van der Waals surface area contributed by atoms with Gasteiger partial charge in [0.2, 0.25) is 5.91 Å². The predicted octanol–water partition coefficient (Wildman–Crippen LogP) is 3.92. The van der Waals surface area contributed by atoms with E-state index in [1.165, 1.54) is 29.8 Å². The van der Waals surface area contributed by atoms with Crippen molar-refractivity contribution in [3.63, 3.8) is 0 Å². The number of carbonyl (C=O) groups is 1. The van der Waals surface area contributed by atoms with Crippen LogP contribution >= 0.6 is 15.9 Å². The number of halogens is 1. The van der Waals surface area contributed by atoms with Crippen LogP contribution in [-0.4, -0.2) is 54.1 Å². The van der Waals surface area contributed by atoms with Crippen molar-refractivity contribution in [2.45, 2.75) is 50.8 Å². The number of ether oxygens (including phenoxy) is 1. The average Bonchev–Trinajstić information content (AvgIpc) is 2.91. The van der Waals surface area contributed by atoms with Gasteiger partial charge in [-0.1, -0.05) is 6.07 Å². The first kappa shape index (κ1) is 27.3. The van der Waals surface area contributed by atoms with Crippen molar-refractivity contribution in [3.8, 4) is 5.75 Å². The van der Waals surface area contributed by atoms with E-state index in [1.807, 2.05) is 6.07 Å². The lowest BCUT2D eigenvalue weighted by Crippen LogP contribution is -2.44. The molecule has 2 aliphatic heterocycles. The molecule has 2 aromatic carbocycles. The summed E-state index contributed by atoms with van der Waals surface area (Å²) in [6.45, 7) is 4.50. The Morgan fingerprint density at radius 3 is 2.62 bits per heavy atom. The van der Waals surface area contributed by atoms with Gasteiger partial charge in [-0.25, -0.2) is 0 Å². The number of amides is 1. The number of hydrogen-bond acceptors (Lipinski definition) is 8. The summed E-state index contributed by atoms with van der Waals surface area (Å²) in [6, 6.07) is 11.4. The van der Waals surface area contributed by atoms with Crippen LogP contribution in [0.2, 0.25) is 0 Å². The van der Waals surface area contributed by atoms with Gasteiger partial charge in [-0.2, -0.15) is 0 Å². The summed E-state index contributed by atoms with van der Waals surface area (Å²) < 4.78 is 12.8. The number of nitro groups is 1. The van der Waals surface area contributed by atoms with Crippen LogP contribution in [0.4, 0.5) is 5.69 Å². The first-order valence-corrected chi connectivity index (χ1v) is 14.0. The maximum absolute atomic E-state index is 12.7. The number of non-ortho nitro benzene ring substituents is 1. The number of hydrogen-bond donors (Lipinski definition) is 2. The molecular formula is C28H31BrN4O6. The van der Waals surface area contributed by atoms with Gasteiger partial charge in [-0.05, 0) is 78.5 Å². The van der Waals surface area contributed by atoms with Gasteiger partial charge in [0.25, 0.3) is 5.69 Å². The molecule has 0 bridgehead atoms. The standard InChI is InChI=1S/C28H31BrN4O6/c29-24-13-18(1-4-26(24)38-21-5-9-30-10-6-21)17-32-11-7-19(8-12-32)31-28(35)16-22-15-25(34)23-3-2-20(33(36)37)14-27(23)39-22/h1-4,13-15,19,21,30H,5-12,16-17H2,(H,31,35). The summed E-state index contributed by atoms with van der Waals surface area (Å²) in [4.78, 5) is 37.9. The molecule has 0 radical (unpaired) electrons. The Labute approximate surface area is 234 Å². The fourth-order valence-corrected chi connectivity index (χ4v) is 5.68. The van der Waals surface area contributed by atoms with E-state index in [1.54, 1.807) is 0 Å². The summed E-state index contributed by atoms with van der Waals surface area (Å²) in [6.07, 6.45) is 3.81. The van der Waals surface area contributed by atoms with Crippen LogP contribution in [0.3, 0.4) is 0 Å². The molecule has 0 spiro atoms. The highest BCUT2D eigenvalue weighted by molar-refractivity contribution is 9.10. The summed E-state index contributed by atoms with van der Waals surface area (Å²) >= 11 is 3.67. The van der Waals surface area contributed by atoms with Gasteiger partial charge in [0.05, 0.1) is 27.3 Å². The molecule has 10 nitrogen and oxygen atoms in total. The van der Waals surface area contributed by atoms with Crippen LogP contribution in [0.15, 0.2) is 56.1 Å². The number of benzene rings is 2. The third-order valence-corrected chi connectivity index (χ3v) is 7.86. The van der Waals surface area contributed by atoms with Crippen molar-refractivity contribution in [3.05, 3.63) is 78.6 Å². The van der Waals surface area contributed by atoms with Crippen molar-refractivity contribution < 1.29 is 18.9 Å². The van der Waals surface area contributed by atoms with Crippen molar-refractivity contribution in [1.29, 1.82) is 0 Å². The van der Waals surface area contributed by atoms with Gasteiger partial charge >= 0.3 is 0 Å². The zero-order chi connectivity index (χ0) is 27.4. The molecule has 0 saturated carbocycles. The van der Waals surface area contributed by atoms with Crippen LogP contribution in [0.25, 0.3) is 11.0 Å².